The van der Waals surface area contributed by atoms with Crippen molar-refractivity contribution < 1.29 is 14.0 Å². The standard InChI is InChI=1S/C20H18N2O4/c21-18(23)10-11-22(13-14-6-2-1-3-7-14)19(24)16-12-15-8-4-5-9-17(15)26-20(16)25/h1-9,12H,10-11,13H2,(H2,21,23). The number of carbonyl (C=O) groups is 2. The molecule has 0 fully saturated rings. The van der Waals surface area contributed by atoms with E-state index < -0.39 is 17.4 Å². The second-order valence-corrected chi connectivity index (χ2v) is 5.91. The molecule has 132 valence electrons. The van der Waals surface area contributed by atoms with E-state index in [9.17, 15) is 14.4 Å². The highest BCUT2D eigenvalue weighted by atomic mass is 16.4. The summed E-state index contributed by atoms with van der Waals surface area (Å²) in [7, 11) is 0. The summed E-state index contributed by atoms with van der Waals surface area (Å²) in [6.07, 6.45) is 0.0114. The van der Waals surface area contributed by atoms with Gasteiger partial charge in [-0.25, -0.2) is 4.79 Å². The monoisotopic (exact) mass is 350 g/mol. The van der Waals surface area contributed by atoms with Crippen molar-refractivity contribution in [2.75, 3.05) is 6.54 Å². The first kappa shape index (κ1) is 17.4. The Morgan fingerprint density at radius 3 is 2.42 bits per heavy atom. The number of carbonyl (C=O) groups excluding carboxylic acids is 2. The fourth-order valence-corrected chi connectivity index (χ4v) is 2.68. The highest BCUT2D eigenvalue weighted by Gasteiger charge is 2.21. The first-order chi connectivity index (χ1) is 12.5. The number of benzene rings is 2. The Kier molecular flexibility index (Phi) is 5.12. The molecule has 0 atom stereocenters. The van der Waals surface area contributed by atoms with E-state index in [-0.39, 0.29) is 25.1 Å². The summed E-state index contributed by atoms with van der Waals surface area (Å²) in [6, 6.07) is 17.8. The van der Waals surface area contributed by atoms with E-state index in [4.69, 9.17) is 10.2 Å². The Morgan fingerprint density at radius 2 is 1.69 bits per heavy atom. The zero-order valence-electron chi connectivity index (χ0n) is 14.1. The second kappa shape index (κ2) is 7.65. The van der Waals surface area contributed by atoms with Crippen LogP contribution >= 0.6 is 0 Å². The molecule has 2 N–H and O–H groups in total. The number of fused-ring (bicyclic) bond motifs is 1. The van der Waals surface area contributed by atoms with Crippen molar-refractivity contribution in [2.45, 2.75) is 13.0 Å². The van der Waals surface area contributed by atoms with Gasteiger partial charge in [0.05, 0.1) is 0 Å². The largest absolute Gasteiger partial charge is 0.422 e. The maximum Gasteiger partial charge on any atom is 0.349 e. The van der Waals surface area contributed by atoms with E-state index >= 15 is 0 Å². The maximum absolute atomic E-state index is 12.9. The van der Waals surface area contributed by atoms with Crippen molar-refractivity contribution in [3.8, 4) is 0 Å². The minimum Gasteiger partial charge on any atom is -0.422 e. The van der Waals surface area contributed by atoms with Gasteiger partial charge < -0.3 is 15.1 Å². The second-order valence-electron chi connectivity index (χ2n) is 5.91. The molecule has 0 aliphatic heterocycles. The molecular formula is C20H18N2O4. The Hall–Kier alpha value is -3.41. The van der Waals surface area contributed by atoms with E-state index in [0.717, 1.165) is 5.56 Å². The normalized spacial score (nSPS) is 10.6. The molecule has 0 bridgehead atoms. The molecule has 0 unspecified atom stereocenters. The predicted octanol–water partition coefficient (Wildman–Crippen LogP) is 2.31. The van der Waals surface area contributed by atoms with Crippen LogP contribution in [0.4, 0.5) is 0 Å². The molecule has 0 saturated heterocycles. The molecule has 1 aromatic heterocycles. The van der Waals surface area contributed by atoms with Gasteiger partial charge in [-0.3, -0.25) is 9.59 Å². The van der Waals surface area contributed by atoms with Gasteiger partial charge in [0, 0.05) is 24.9 Å². The quantitative estimate of drug-likeness (QED) is 0.690. The van der Waals surface area contributed by atoms with Crippen molar-refractivity contribution in [1.82, 2.24) is 4.90 Å². The molecule has 3 rings (SSSR count). The van der Waals surface area contributed by atoms with E-state index in [1.165, 1.54) is 11.0 Å². The van der Waals surface area contributed by atoms with Crippen LogP contribution in [-0.2, 0) is 11.3 Å². The number of para-hydroxylation sites is 1. The van der Waals surface area contributed by atoms with Crippen LogP contribution < -0.4 is 11.4 Å². The maximum atomic E-state index is 12.9. The molecule has 0 spiro atoms. The first-order valence-corrected chi connectivity index (χ1v) is 8.19. The highest BCUT2D eigenvalue weighted by Crippen LogP contribution is 2.15. The summed E-state index contributed by atoms with van der Waals surface area (Å²) in [5.41, 5.74) is 5.75. The summed E-state index contributed by atoms with van der Waals surface area (Å²) in [5, 5.41) is 0.657. The van der Waals surface area contributed by atoms with Crippen LogP contribution in [0.1, 0.15) is 22.3 Å². The van der Waals surface area contributed by atoms with E-state index in [0.29, 0.717) is 11.0 Å². The Morgan fingerprint density at radius 1 is 1.00 bits per heavy atom. The number of primary amides is 1. The third-order valence-electron chi connectivity index (χ3n) is 4.00. The van der Waals surface area contributed by atoms with Gasteiger partial charge in [0.1, 0.15) is 11.1 Å². The Bertz CT molecular complexity index is 995. The van der Waals surface area contributed by atoms with Crippen molar-refractivity contribution in [3.63, 3.8) is 0 Å². The number of rotatable bonds is 6. The molecular weight excluding hydrogens is 332 g/mol. The minimum atomic E-state index is -0.703. The van der Waals surface area contributed by atoms with Crippen LogP contribution in [0, 0.1) is 0 Å². The lowest BCUT2D eigenvalue weighted by atomic mass is 10.1. The molecule has 0 saturated carbocycles. The van der Waals surface area contributed by atoms with Gasteiger partial charge in [0.2, 0.25) is 5.91 Å². The molecule has 1 heterocycles. The number of amides is 2. The molecule has 0 aliphatic rings. The van der Waals surface area contributed by atoms with Crippen LogP contribution in [-0.4, -0.2) is 23.3 Å². The van der Waals surface area contributed by atoms with E-state index in [1.54, 1.807) is 24.3 Å². The predicted molar refractivity (Wildman–Crippen MR) is 97.5 cm³/mol. The highest BCUT2D eigenvalue weighted by molar-refractivity contribution is 5.96. The van der Waals surface area contributed by atoms with Crippen molar-refractivity contribution in [3.05, 3.63) is 82.2 Å². The van der Waals surface area contributed by atoms with Gasteiger partial charge >= 0.3 is 5.63 Å². The van der Waals surface area contributed by atoms with Gasteiger partial charge in [-0.1, -0.05) is 48.5 Å². The van der Waals surface area contributed by atoms with Gasteiger partial charge in [0.25, 0.3) is 5.91 Å². The topological polar surface area (TPSA) is 93.6 Å². The molecule has 0 radical (unpaired) electrons. The summed E-state index contributed by atoms with van der Waals surface area (Å²) in [6.45, 7) is 0.383. The van der Waals surface area contributed by atoms with Gasteiger partial charge in [-0.05, 0) is 17.7 Å². The number of hydrogen-bond acceptors (Lipinski definition) is 4. The zero-order chi connectivity index (χ0) is 18.5. The molecule has 2 amide bonds. The van der Waals surface area contributed by atoms with Gasteiger partial charge in [-0.2, -0.15) is 0 Å². The Balaban J connectivity index is 1.94. The van der Waals surface area contributed by atoms with Gasteiger partial charge in [-0.15, -0.1) is 0 Å². The van der Waals surface area contributed by atoms with Crippen LogP contribution in [0.25, 0.3) is 11.0 Å². The summed E-state index contributed by atoms with van der Waals surface area (Å²) in [5.74, 6) is -1.00. The number of nitrogens with zero attached hydrogens (tertiary/aromatic N) is 1. The molecule has 2 aromatic carbocycles. The van der Waals surface area contributed by atoms with E-state index in [1.807, 2.05) is 30.3 Å². The third kappa shape index (κ3) is 3.97. The molecule has 3 aromatic rings. The molecule has 6 nitrogen and oxygen atoms in total. The Labute approximate surface area is 149 Å². The van der Waals surface area contributed by atoms with Crippen LogP contribution in [0.3, 0.4) is 0 Å². The van der Waals surface area contributed by atoms with Crippen molar-refractivity contribution >= 4 is 22.8 Å². The SMILES string of the molecule is NC(=O)CCN(Cc1ccccc1)C(=O)c1cc2ccccc2oc1=O. The molecule has 0 aliphatic carbocycles. The lowest BCUT2D eigenvalue weighted by Crippen LogP contribution is -2.36. The van der Waals surface area contributed by atoms with Crippen LogP contribution in [0.15, 0.2) is 69.9 Å². The summed E-state index contributed by atoms with van der Waals surface area (Å²) in [4.78, 5) is 37.8. The fourth-order valence-electron chi connectivity index (χ4n) is 2.68. The lowest BCUT2D eigenvalue weighted by Gasteiger charge is -2.22. The summed E-state index contributed by atoms with van der Waals surface area (Å²) < 4.78 is 5.25. The molecule has 26 heavy (non-hydrogen) atoms. The summed E-state index contributed by atoms with van der Waals surface area (Å²) >= 11 is 0. The fraction of sp³-hybridized carbons (Fsp3) is 0.150. The van der Waals surface area contributed by atoms with Gasteiger partial charge in [0.15, 0.2) is 0 Å². The average molecular weight is 350 g/mol. The minimum absolute atomic E-state index is 0.0114. The third-order valence-corrected chi connectivity index (χ3v) is 4.00. The smallest absolute Gasteiger partial charge is 0.349 e. The average Bonchev–Trinajstić information content (AvgIpc) is 2.64. The number of hydrogen-bond donors (Lipinski definition) is 1. The van der Waals surface area contributed by atoms with E-state index in [2.05, 4.69) is 0 Å². The number of nitrogens with two attached hydrogens (primary N) is 1. The van der Waals surface area contributed by atoms with Crippen molar-refractivity contribution in [2.24, 2.45) is 5.73 Å². The first-order valence-electron chi connectivity index (χ1n) is 8.19. The van der Waals surface area contributed by atoms with Crippen molar-refractivity contribution in [1.29, 1.82) is 0 Å². The van der Waals surface area contributed by atoms with Crippen LogP contribution in [0.2, 0.25) is 0 Å². The lowest BCUT2D eigenvalue weighted by molar-refractivity contribution is -0.118. The zero-order valence-corrected chi connectivity index (χ0v) is 14.1. The van der Waals surface area contributed by atoms with Crippen LogP contribution in [0.5, 0.6) is 0 Å². The molecule has 6 heteroatoms.